The molecule has 0 saturated carbocycles. The molecule has 1 fully saturated rings. The molecule has 0 radical (unpaired) electrons. The van der Waals surface area contributed by atoms with Crippen LogP contribution in [-0.2, 0) is 11.3 Å². The second kappa shape index (κ2) is 12.1. The average Bonchev–Trinajstić information content (AvgIpc) is 3.13. The zero-order valence-corrected chi connectivity index (χ0v) is 21.5. The van der Waals surface area contributed by atoms with Gasteiger partial charge in [-0.15, -0.1) is 0 Å². The van der Waals surface area contributed by atoms with Gasteiger partial charge in [-0.3, -0.25) is 9.69 Å². The quantitative estimate of drug-likeness (QED) is 0.169. The Bertz CT molecular complexity index is 1230. The minimum absolute atomic E-state index is 0.0957. The first-order valence-electron chi connectivity index (χ1n) is 11.0. The van der Waals surface area contributed by atoms with Crippen LogP contribution in [0.3, 0.4) is 0 Å². The van der Waals surface area contributed by atoms with Crippen molar-refractivity contribution in [3.05, 3.63) is 93.9 Å². The number of thioether (sulfide) groups is 1. The lowest BCUT2D eigenvalue weighted by Gasteiger charge is -2.14. The van der Waals surface area contributed by atoms with E-state index in [9.17, 15) is 4.79 Å². The predicted octanol–water partition coefficient (Wildman–Crippen LogP) is 6.60. The summed E-state index contributed by atoms with van der Waals surface area (Å²) in [7, 11) is 1.59. The second-order valence-electron chi connectivity index (χ2n) is 7.64. The molecule has 0 aliphatic carbocycles. The molecule has 0 unspecified atom stereocenters. The van der Waals surface area contributed by atoms with E-state index in [2.05, 4.69) is 0 Å². The first-order valence-corrected chi connectivity index (χ1v) is 12.6. The maximum atomic E-state index is 12.9. The first-order chi connectivity index (χ1) is 17.0. The third-order valence-corrected chi connectivity index (χ3v) is 6.87. The number of ether oxygens (including phenoxy) is 3. The summed E-state index contributed by atoms with van der Waals surface area (Å²) in [5, 5.41) is 0.586. The van der Waals surface area contributed by atoms with Crippen LogP contribution in [0.15, 0.2) is 77.7 Å². The highest BCUT2D eigenvalue weighted by Crippen LogP contribution is 2.35. The number of carbonyl (C=O) groups is 1. The molecular weight excluding hydrogens is 502 g/mol. The molecule has 5 nitrogen and oxygen atoms in total. The molecule has 0 N–H and O–H groups in total. The van der Waals surface area contributed by atoms with Gasteiger partial charge in [-0.25, -0.2) is 0 Å². The molecule has 0 spiro atoms. The third kappa shape index (κ3) is 6.57. The Morgan fingerprint density at radius 2 is 1.66 bits per heavy atom. The lowest BCUT2D eigenvalue weighted by atomic mass is 10.1. The van der Waals surface area contributed by atoms with Crippen LogP contribution in [0, 0.1) is 0 Å². The predicted molar refractivity (Wildman–Crippen MR) is 145 cm³/mol. The summed E-state index contributed by atoms with van der Waals surface area (Å²) in [5.41, 5.74) is 1.86. The van der Waals surface area contributed by atoms with Gasteiger partial charge in [0.15, 0.2) is 11.5 Å². The molecule has 1 aliphatic rings. The maximum Gasteiger partial charge on any atom is 0.266 e. The number of amides is 1. The van der Waals surface area contributed by atoms with Crippen LogP contribution in [0.1, 0.15) is 17.5 Å². The van der Waals surface area contributed by atoms with Crippen molar-refractivity contribution in [2.45, 2.75) is 13.0 Å². The summed E-state index contributed by atoms with van der Waals surface area (Å²) in [6, 6.07) is 22.8. The van der Waals surface area contributed by atoms with Gasteiger partial charge >= 0.3 is 0 Å². The summed E-state index contributed by atoms with van der Waals surface area (Å²) in [4.78, 5) is 15.2. The standard InChI is InChI=1S/C27H24ClNO4S2/c1-31-24-16-20(12-13-23(24)33-15-7-14-32-22-11-6-5-10-21(22)28)17-25-26(30)29(27(34)35-25)18-19-8-3-2-4-9-19/h2-6,8-13,16-17H,7,14-15,18H2,1H3. The Labute approximate surface area is 219 Å². The molecule has 0 bridgehead atoms. The molecular formula is C27H24ClNO4S2. The van der Waals surface area contributed by atoms with E-state index in [-0.39, 0.29) is 5.91 Å². The third-order valence-electron chi connectivity index (χ3n) is 5.18. The fraction of sp³-hybridized carbons (Fsp3) is 0.185. The Morgan fingerprint density at radius 3 is 2.40 bits per heavy atom. The van der Waals surface area contributed by atoms with Crippen molar-refractivity contribution in [2.24, 2.45) is 0 Å². The van der Waals surface area contributed by atoms with E-state index in [1.54, 1.807) is 18.1 Å². The molecule has 3 aromatic carbocycles. The summed E-state index contributed by atoms with van der Waals surface area (Å²) >= 11 is 12.9. The van der Waals surface area contributed by atoms with Gasteiger partial charge in [-0.1, -0.05) is 84.1 Å². The highest BCUT2D eigenvalue weighted by Gasteiger charge is 2.32. The Balaban J connectivity index is 1.35. The van der Waals surface area contributed by atoms with E-state index in [4.69, 9.17) is 38.0 Å². The molecule has 1 saturated heterocycles. The van der Waals surface area contributed by atoms with E-state index in [0.717, 1.165) is 11.1 Å². The largest absolute Gasteiger partial charge is 0.493 e. The van der Waals surface area contributed by atoms with Gasteiger partial charge in [-0.2, -0.15) is 0 Å². The Kier molecular flexibility index (Phi) is 8.69. The molecule has 0 aromatic heterocycles. The van der Waals surface area contributed by atoms with Crippen molar-refractivity contribution in [1.82, 2.24) is 4.90 Å². The van der Waals surface area contributed by atoms with Crippen molar-refractivity contribution in [2.75, 3.05) is 20.3 Å². The van der Waals surface area contributed by atoms with Gasteiger partial charge in [0.2, 0.25) is 0 Å². The Morgan fingerprint density at radius 1 is 0.943 bits per heavy atom. The molecule has 8 heteroatoms. The molecule has 1 amide bonds. The zero-order valence-electron chi connectivity index (χ0n) is 19.1. The number of rotatable bonds is 10. The highest BCUT2D eigenvalue weighted by molar-refractivity contribution is 8.26. The smallest absolute Gasteiger partial charge is 0.266 e. The number of methoxy groups -OCH3 is 1. The van der Waals surface area contributed by atoms with E-state index in [1.165, 1.54) is 11.8 Å². The van der Waals surface area contributed by atoms with Gasteiger partial charge in [-0.05, 0) is 41.5 Å². The number of carbonyl (C=O) groups excluding carboxylic acids is 1. The van der Waals surface area contributed by atoms with E-state index >= 15 is 0 Å². The number of nitrogens with zero attached hydrogens (tertiary/aromatic N) is 1. The lowest BCUT2D eigenvalue weighted by molar-refractivity contribution is -0.122. The normalized spacial score (nSPS) is 14.5. The van der Waals surface area contributed by atoms with Crippen molar-refractivity contribution in [3.63, 3.8) is 0 Å². The average molecular weight is 526 g/mol. The number of hydrogen-bond donors (Lipinski definition) is 0. The van der Waals surface area contributed by atoms with Crippen LogP contribution < -0.4 is 14.2 Å². The fourth-order valence-electron chi connectivity index (χ4n) is 3.43. The van der Waals surface area contributed by atoms with Crippen LogP contribution >= 0.6 is 35.6 Å². The van der Waals surface area contributed by atoms with Crippen LogP contribution in [0.4, 0.5) is 0 Å². The minimum Gasteiger partial charge on any atom is -0.493 e. The molecule has 1 heterocycles. The molecule has 1 aliphatic heterocycles. The second-order valence-corrected chi connectivity index (χ2v) is 9.73. The number of halogens is 1. The van der Waals surface area contributed by atoms with Crippen LogP contribution in [-0.4, -0.2) is 35.5 Å². The molecule has 0 atom stereocenters. The Hall–Kier alpha value is -3.00. The van der Waals surface area contributed by atoms with Crippen molar-refractivity contribution in [1.29, 1.82) is 0 Å². The van der Waals surface area contributed by atoms with Gasteiger partial charge in [0, 0.05) is 6.42 Å². The number of para-hydroxylation sites is 1. The number of thiocarbonyl (C=S) groups is 1. The summed E-state index contributed by atoms with van der Waals surface area (Å²) in [6.07, 6.45) is 2.51. The van der Waals surface area contributed by atoms with E-state index in [1.807, 2.05) is 72.8 Å². The van der Waals surface area contributed by atoms with Gasteiger partial charge in [0.25, 0.3) is 5.91 Å². The molecule has 3 aromatic rings. The lowest BCUT2D eigenvalue weighted by Crippen LogP contribution is -2.27. The van der Waals surface area contributed by atoms with Crippen LogP contribution in [0.25, 0.3) is 6.08 Å². The van der Waals surface area contributed by atoms with Crippen molar-refractivity contribution < 1.29 is 19.0 Å². The maximum absolute atomic E-state index is 12.9. The van der Waals surface area contributed by atoms with Gasteiger partial charge < -0.3 is 14.2 Å². The van der Waals surface area contributed by atoms with E-state index < -0.39 is 0 Å². The monoisotopic (exact) mass is 525 g/mol. The van der Waals surface area contributed by atoms with Crippen LogP contribution in [0.5, 0.6) is 17.2 Å². The summed E-state index contributed by atoms with van der Waals surface area (Å²) in [5.74, 6) is 1.77. The fourth-order valence-corrected chi connectivity index (χ4v) is 4.88. The first kappa shape index (κ1) is 25.1. The van der Waals surface area contributed by atoms with E-state index in [0.29, 0.717) is 57.7 Å². The molecule has 180 valence electrons. The van der Waals surface area contributed by atoms with Gasteiger partial charge in [0.05, 0.1) is 36.8 Å². The molecule has 4 rings (SSSR count). The van der Waals surface area contributed by atoms with Crippen molar-refractivity contribution in [3.8, 4) is 17.2 Å². The van der Waals surface area contributed by atoms with Crippen molar-refractivity contribution >= 4 is 51.9 Å². The SMILES string of the molecule is COc1cc(C=C2SC(=S)N(Cc3ccccc3)C2=O)ccc1OCCCOc1ccccc1Cl. The van der Waals surface area contributed by atoms with Crippen LogP contribution in [0.2, 0.25) is 5.02 Å². The molecule has 35 heavy (non-hydrogen) atoms. The topological polar surface area (TPSA) is 48.0 Å². The number of hydrogen-bond acceptors (Lipinski definition) is 6. The summed E-state index contributed by atoms with van der Waals surface area (Å²) < 4.78 is 17.6. The van der Waals surface area contributed by atoms with Gasteiger partial charge in [0.1, 0.15) is 10.1 Å². The highest BCUT2D eigenvalue weighted by atomic mass is 35.5. The summed E-state index contributed by atoms with van der Waals surface area (Å²) in [6.45, 7) is 1.40. The number of benzene rings is 3. The zero-order chi connectivity index (χ0) is 24.6. The minimum atomic E-state index is -0.0957.